The quantitative estimate of drug-likeness (QED) is 0.855. The van der Waals surface area contributed by atoms with Gasteiger partial charge in [-0.2, -0.15) is 5.10 Å². The molecule has 0 aliphatic heterocycles. The predicted octanol–water partition coefficient (Wildman–Crippen LogP) is 2.81. The highest BCUT2D eigenvalue weighted by atomic mass is 35.5. The van der Waals surface area contributed by atoms with E-state index in [1.807, 2.05) is 6.07 Å². The van der Waals surface area contributed by atoms with E-state index < -0.39 is 0 Å². The molecule has 1 heterocycles. The Morgan fingerprint density at radius 3 is 2.69 bits per heavy atom. The Morgan fingerprint density at radius 2 is 2.12 bits per heavy atom. The summed E-state index contributed by atoms with van der Waals surface area (Å²) in [5.74, 6) is 0. The Balaban J connectivity index is 2.65. The summed E-state index contributed by atoms with van der Waals surface area (Å²) in [4.78, 5) is 0.229. The van der Waals surface area contributed by atoms with Gasteiger partial charge < -0.3 is 5.73 Å². The van der Waals surface area contributed by atoms with Gasteiger partial charge in [0.2, 0.25) is 0 Å². The molecule has 2 aromatic rings. The van der Waals surface area contributed by atoms with E-state index in [0.717, 1.165) is 0 Å². The maximum absolute atomic E-state index is 6.04. The van der Waals surface area contributed by atoms with E-state index >= 15 is 0 Å². The van der Waals surface area contributed by atoms with Gasteiger partial charge in [-0.15, -0.1) is 0 Å². The SMILES string of the molecule is NC(=S)c1c(Cl)cccc1-n1cc(Cl)cn1. The third kappa shape index (κ3) is 2.04. The zero-order valence-electron chi connectivity index (χ0n) is 8.02. The van der Waals surface area contributed by atoms with Crippen molar-refractivity contribution in [1.82, 2.24) is 9.78 Å². The largest absolute Gasteiger partial charge is 0.389 e. The van der Waals surface area contributed by atoms with Crippen LogP contribution in [0.15, 0.2) is 30.6 Å². The van der Waals surface area contributed by atoms with E-state index in [0.29, 0.717) is 21.3 Å². The summed E-state index contributed by atoms with van der Waals surface area (Å²) in [5, 5.41) is 5.11. The molecule has 0 radical (unpaired) electrons. The summed E-state index contributed by atoms with van der Waals surface area (Å²) >= 11 is 16.8. The van der Waals surface area contributed by atoms with E-state index in [4.69, 9.17) is 41.2 Å². The van der Waals surface area contributed by atoms with Gasteiger partial charge in [-0.3, -0.25) is 0 Å². The number of rotatable bonds is 2. The number of halogens is 2. The van der Waals surface area contributed by atoms with E-state index in [1.54, 1.807) is 23.0 Å². The molecule has 0 unspecified atom stereocenters. The van der Waals surface area contributed by atoms with Crippen LogP contribution in [0.4, 0.5) is 0 Å². The lowest BCUT2D eigenvalue weighted by atomic mass is 10.2. The third-order valence-electron chi connectivity index (χ3n) is 2.04. The average Bonchev–Trinajstić information content (AvgIpc) is 2.63. The van der Waals surface area contributed by atoms with E-state index in [9.17, 15) is 0 Å². The van der Waals surface area contributed by atoms with Crippen LogP contribution in [0.2, 0.25) is 10.0 Å². The molecule has 0 saturated heterocycles. The molecule has 0 saturated carbocycles. The second-order valence-electron chi connectivity index (χ2n) is 3.10. The van der Waals surface area contributed by atoms with E-state index in [1.165, 1.54) is 6.20 Å². The smallest absolute Gasteiger partial charge is 0.107 e. The zero-order chi connectivity index (χ0) is 11.7. The van der Waals surface area contributed by atoms with Crippen LogP contribution in [0.1, 0.15) is 5.56 Å². The van der Waals surface area contributed by atoms with E-state index in [-0.39, 0.29) is 4.99 Å². The first-order valence-electron chi connectivity index (χ1n) is 4.38. The Labute approximate surface area is 108 Å². The van der Waals surface area contributed by atoms with Gasteiger partial charge in [0.15, 0.2) is 0 Å². The number of thiocarbonyl (C=S) groups is 1. The van der Waals surface area contributed by atoms with E-state index in [2.05, 4.69) is 5.10 Å². The Kier molecular flexibility index (Phi) is 3.14. The van der Waals surface area contributed by atoms with Crippen LogP contribution in [0.5, 0.6) is 0 Å². The van der Waals surface area contributed by atoms with Crippen LogP contribution in [0.3, 0.4) is 0 Å². The Morgan fingerprint density at radius 1 is 1.38 bits per heavy atom. The molecule has 0 amide bonds. The Hall–Kier alpha value is -1.10. The molecule has 0 aliphatic carbocycles. The summed E-state index contributed by atoms with van der Waals surface area (Å²) in [7, 11) is 0. The number of aromatic nitrogens is 2. The normalized spacial score (nSPS) is 10.4. The summed E-state index contributed by atoms with van der Waals surface area (Å²) in [5.41, 5.74) is 6.94. The van der Waals surface area contributed by atoms with Gasteiger partial charge in [-0.05, 0) is 12.1 Å². The van der Waals surface area contributed by atoms with Gasteiger partial charge >= 0.3 is 0 Å². The van der Waals surface area contributed by atoms with Gasteiger partial charge in [-0.25, -0.2) is 4.68 Å². The van der Waals surface area contributed by atoms with Crippen LogP contribution >= 0.6 is 35.4 Å². The molecule has 6 heteroatoms. The molecule has 1 aromatic carbocycles. The second kappa shape index (κ2) is 4.41. The first kappa shape index (κ1) is 11.4. The van der Waals surface area contributed by atoms with Crippen molar-refractivity contribution in [3.63, 3.8) is 0 Å². The maximum Gasteiger partial charge on any atom is 0.107 e. The van der Waals surface area contributed by atoms with Crippen molar-refractivity contribution >= 4 is 40.4 Å². The third-order valence-corrected chi connectivity index (χ3v) is 2.75. The number of hydrogen-bond acceptors (Lipinski definition) is 2. The fourth-order valence-corrected chi connectivity index (χ4v) is 2.06. The van der Waals surface area contributed by atoms with Crippen LogP contribution in [0, 0.1) is 0 Å². The fourth-order valence-electron chi connectivity index (χ4n) is 1.38. The molecular weight excluding hydrogens is 265 g/mol. The van der Waals surface area contributed by atoms with Crippen molar-refractivity contribution < 1.29 is 0 Å². The minimum absolute atomic E-state index is 0.229. The topological polar surface area (TPSA) is 43.8 Å². The maximum atomic E-state index is 6.04. The summed E-state index contributed by atoms with van der Waals surface area (Å²) in [6.45, 7) is 0. The summed E-state index contributed by atoms with van der Waals surface area (Å²) in [6, 6.07) is 5.35. The number of nitrogens with zero attached hydrogens (tertiary/aromatic N) is 2. The highest BCUT2D eigenvalue weighted by Crippen LogP contribution is 2.23. The van der Waals surface area contributed by atoms with Crippen LogP contribution < -0.4 is 5.73 Å². The Bertz CT molecular complexity index is 551. The summed E-state index contributed by atoms with van der Waals surface area (Å²) in [6.07, 6.45) is 3.20. The molecule has 0 atom stereocenters. The van der Waals surface area contributed by atoms with Crippen LogP contribution in [-0.2, 0) is 0 Å². The predicted molar refractivity (Wildman–Crippen MR) is 69.5 cm³/mol. The van der Waals surface area contributed by atoms with Crippen molar-refractivity contribution in [2.45, 2.75) is 0 Å². The first-order chi connectivity index (χ1) is 7.59. The molecular formula is C10H7Cl2N3S. The number of benzene rings is 1. The van der Waals surface area contributed by atoms with Gasteiger partial charge in [-0.1, -0.05) is 41.5 Å². The lowest BCUT2D eigenvalue weighted by Gasteiger charge is -2.09. The van der Waals surface area contributed by atoms with Gasteiger partial charge in [0, 0.05) is 6.20 Å². The van der Waals surface area contributed by atoms with Crippen molar-refractivity contribution in [2.24, 2.45) is 5.73 Å². The molecule has 2 rings (SSSR count). The van der Waals surface area contributed by atoms with Crippen molar-refractivity contribution in [1.29, 1.82) is 0 Å². The van der Waals surface area contributed by atoms with Gasteiger partial charge in [0.25, 0.3) is 0 Å². The highest BCUT2D eigenvalue weighted by molar-refractivity contribution is 7.80. The van der Waals surface area contributed by atoms with Crippen LogP contribution in [0.25, 0.3) is 5.69 Å². The fraction of sp³-hybridized carbons (Fsp3) is 0. The van der Waals surface area contributed by atoms with Gasteiger partial charge in [0.05, 0.1) is 27.5 Å². The second-order valence-corrected chi connectivity index (χ2v) is 4.38. The molecule has 16 heavy (non-hydrogen) atoms. The molecule has 82 valence electrons. The molecule has 0 fully saturated rings. The van der Waals surface area contributed by atoms with Crippen molar-refractivity contribution in [3.8, 4) is 5.69 Å². The lowest BCUT2D eigenvalue weighted by molar-refractivity contribution is 0.879. The van der Waals surface area contributed by atoms with Gasteiger partial charge in [0.1, 0.15) is 4.99 Å². The highest BCUT2D eigenvalue weighted by Gasteiger charge is 2.11. The van der Waals surface area contributed by atoms with Crippen molar-refractivity contribution in [3.05, 3.63) is 46.2 Å². The number of hydrogen-bond donors (Lipinski definition) is 1. The van der Waals surface area contributed by atoms with Crippen molar-refractivity contribution in [2.75, 3.05) is 0 Å². The first-order valence-corrected chi connectivity index (χ1v) is 5.55. The van der Waals surface area contributed by atoms with Crippen LogP contribution in [-0.4, -0.2) is 14.8 Å². The molecule has 2 N–H and O–H groups in total. The molecule has 0 aliphatic rings. The molecule has 0 bridgehead atoms. The lowest BCUT2D eigenvalue weighted by Crippen LogP contribution is -2.14. The minimum Gasteiger partial charge on any atom is -0.389 e. The monoisotopic (exact) mass is 271 g/mol. The summed E-state index contributed by atoms with van der Waals surface area (Å²) < 4.78 is 1.59. The number of nitrogens with two attached hydrogens (primary N) is 1. The minimum atomic E-state index is 0.229. The molecule has 3 nitrogen and oxygen atoms in total. The average molecular weight is 272 g/mol. The zero-order valence-corrected chi connectivity index (χ0v) is 10.4. The molecule has 1 aromatic heterocycles. The standard InChI is InChI=1S/C10H7Cl2N3S/c11-6-4-14-15(5-6)8-3-1-2-7(12)9(8)10(13)16/h1-5H,(H2,13,16). The molecule has 0 spiro atoms.